The van der Waals surface area contributed by atoms with Crippen molar-refractivity contribution in [1.29, 1.82) is 0 Å². The van der Waals surface area contributed by atoms with E-state index in [1.807, 2.05) is 6.92 Å². The van der Waals surface area contributed by atoms with Crippen molar-refractivity contribution < 1.29 is 14.6 Å². The number of nitrogens with zero attached hydrogens (tertiary/aromatic N) is 1. The molecule has 0 saturated carbocycles. The number of hydrogen-bond donors (Lipinski definition) is 2. The summed E-state index contributed by atoms with van der Waals surface area (Å²) in [5.74, 6) is -0.133. The number of rotatable bonds is 3. The largest absolute Gasteiger partial charge is 0.388 e. The highest BCUT2D eigenvalue weighted by Gasteiger charge is 2.35. The van der Waals surface area contributed by atoms with Crippen LogP contribution < -0.4 is 5.73 Å². The Kier molecular flexibility index (Phi) is 3.86. The van der Waals surface area contributed by atoms with E-state index in [4.69, 9.17) is 10.5 Å². The second-order valence-electron chi connectivity index (χ2n) is 3.59. The van der Waals surface area contributed by atoms with Crippen LogP contribution in [0.25, 0.3) is 0 Å². The Morgan fingerprint density at radius 1 is 1.71 bits per heavy atom. The van der Waals surface area contributed by atoms with Gasteiger partial charge in [-0.25, -0.2) is 0 Å². The summed E-state index contributed by atoms with van der Waals surface area (Å²) in [5.41, 5.74) is 5.47. The lowest BCUT2D eigenvalue weighted by Gasteiger charge is -2.17. The maximum Gasteiger partial charge on any atom is 0.239 e. The molecule has 0 radical (unpaired) electrons. The molecular weight excluding hydrogens is 184 g/mol. The number of nitrogens with two attached hydrogens (primary N) is 1. The first-order valence-electron chi connectivity index (χ1n) is 4.90. The number of ether oxygens (including phenoxy) is 1. The van der Waals surface area contributed by atoms with Crippen molar-refractivity contribution in [3.8, 4) is 0 Å². The summed E-state index contributed by atoms with van der Waals surface area (Å²) in [5, 5.41) is 9.56. The van der Waals surface area contributed by atoms with Gasteiger partial charge < -0.3 is 20.5 Å². The number of aliphatic hydroxyl groups excluding tert-OH is 1. The van der Waals surface area contributed by atoms with E-state index in [9.17, 15) is 9.90 Å². The van der Waals surface area contributed by atoms with Gasteiger partial charge in [0.05, 0.1) is 12.1 Å². The van der Waals surface area contributed by atoms with Gasteiger partial charge >= 0.3 is 0 Å². The van der Waals surface area contributed by atoms with E-state index in [1.165, 1.54) is 0 Å². The Hall–Kier alpha value is -0.650. The molecule has 0 aromatic rings. The van der Waals surface area contributed by atoms with Crippen molar-refractivity contribution in [1.82, 2.24) is 4.90 Å². The van der Waals surface area contributed by atoms with Crippen molar-refractivity contribution in [2.45, 2.75) is 32.1 Å². The Morgan fingerprint density at radius 3 is 2.86 bits per heavy atom. The molecule has 3 N–H and O–H groups in total. The summed E-state index contributed by atoms with van der Waals surface area (Å²) in [4.78, 5) is 13.0. The highest BCUT2D eigenvalue weighted by Crippen LogP contribution is 2.14. The third kappa shape index (κ3) is 2.43. The summed E-state index contributed by atoms with van der Waals surface area (Å²) >= 11 is 0. The van der Waals surface area contributed by atoms with Crippen molar-refractivity contribution >= 4 is 5.91 Å². The summed E-state index contributed by atoms with van der Waals surface area (Å²) < 4.78 is 5.29. The molecule has 0 bridgehead atoms. The Bertz CT molecular complexity index is 208. The van der Waals surface area contributed by atoms with Gasteiger partial charge in [-0.1, -0.05) is 0 Å². The number of likely N-dealkylation sites (tertiary alicyclic amines) is 1. The van der Waals surface area contributed by atoms with E-state index >= 15 is 0 Å². The minimum atomic E-state index is -0.586. The lowest BCUT2D eigenvalue weighted by Crippen LogP contribution is -2.41. The number of β-amino-alcohol motifs (C(OH)–C–C–N with tert-alkyl or cyclic N) is 1. The van der Waals surface area contributed by atoms with Crippen LogP contribution in [0, 0.1) is 0 Å². The van der Waals surface area contributed by atoms with E-state index in [2.05, 4.69) is 0 Å². The minimum absolute atomic E-state index is 0.133. The molecule has 0 aromatic heterocycles. The zero-order chi connectivity index (χ0) is 10.7. The van der Waals surface area contributed by atoms with Crippen LogP contribution in [0.3, 0.4) is 0 Å². The van der Waals surface area contributed by atoms with Crippen LogP contribution in [0.15, 0.2) is 0 Å². The molecule has 1 aliphatic rings. The molecule has 0 aliphatic carbocycles. The van der Waals surface area contributed by atoms with E-state index in [0.717, 1.165) is 0 Å². The molecule has 1 fully saturated rings. The van der Waals surface area contributed by atoms with Crippen LogP contribution >= 0.6 is 0 Å². The van der Waals surface area contributed by atoms with Crippen LogP contribution in [0.4, 0.5) is 0 Å². The molecule has 3 atom stereocenters. The first-order chi connectivity index (χ1) is 6.56. The molecule has 1 heterocycles. The molecule has 14 heavy (non-hydrogen) atoms. The van der Waals surface area contributed by atoms with Crippen LogP contribution in [-0.4, -0.2) is 53.9 Å². The monoisotopic (exact) mass is 202 g/mol. The van der Waals surface area contributed by atoms with Gasteiger partial charge in [-0.15, -0.1) is 0 Å². The van der Waals surface area contributed by atoms with Crippen molar-refractivity contribution in [3.05, 3.63) is 0 Å². The molecule has 1 amide bonds. The summed E-state index contributed by atoms with van der Waals surface area (Å²) in [6.45, 7) is 4.81. The highest BCUT2D eigenvalue weighted by atomic mass is 16.5. The predicted molar refractivity (Wildman–Crippen MR) is 51.7 cm³/mol. The molecule has 5 heteroatoms. The van der Waals surface area contributed by atoms with Gasteiger partial charge in [0.25, 0.3) is 0 Å². The highest BCUT2D eigenvalue weighted by molar-refractivity contribution is 5.81. The molecule has 82 valence electrons. The fourth-order valence-electron chi connectivity index (χ4n) is 1.60. The number of carbonyl (C=O) groups is 1. The molecule has 1 rings (SSSR count). The van der Waals surface area contributed by atoms with E-state index in [1.54, 1.807) is 11.8 Å². The fourth-order valence-corrected chi connectivity index (χ4v) is 1.60. The Balaban J connectivity index is 2.49. The van der Waals surface area contributed by atoms with E-state index in [0.29, 0.717) is 19.7 Å². The van der Waals surface area contributed by atoms with Gasteiger partial charge in [0, 0.05) is 19.7 Å². The zero-order valence-electron chi connectivity index (χ0n) is 8.64. The summed E-state index contributed by atoms with van der Waals surface area (Å²) in [6.07, 6.45) is -0.847. The standard InChI is InChI=1S/C9H18N2O3/c1-3-14-8-5-11(4-7(8)12)9(13)6(2)10/h6-8,12H,3-5,10H2,1-2H3/t6-,7-,8-/m1/s1. The number of carbonyl (C=O) groups excluding carboxylic acids is 1. The number of aliphatic hydroxyl groups is 1. The Morgan fingerprint density at radius 2 is 2.36 bits per heavy atom. The Labute approximate surface area is 83.8 Å². The second kappa shape index (κ2) is 4.72. The van der Waals surface area contributed by atoms with Crippen molar-refractivity contribution in [2.75, 3.05) is 19.7 Å². The lowest BCUT2D eigenvalue weighted by molar-refractivity contribution is -0.131. The second-order valence-corrected chi connectivity index (χ2v) is 3.59. The van der Waals surface area contributed by atoms with Gasteiger partial charge in [-0.2, -0.15) is 0 Å². The maximum absolute atomic E-state index is 11.5. The first kappa shape index (κ1) is 11.4. The third-order valence-electron chi connectivity index (χ3n) is 2.32. The maximum atomic E-state index is 11.5. The normalized spacial score (nSPS) is 29.3. The fraction of sp³-hybridized carbons (Fsp3) is 0.889. The van der Waals surface area contributed by atoms with Gasteiger partial charge in [0.1, 0.15) is 6.10 Å². The molecule has 5 nitrogen and oxygen atoms in total. The number of amides is 1. The molecule has 0 unspecified atom stereocenters. The SMILES string of the molecule is CCO[C@@H]1CN(C(=O)[C@@H](C)N)C[C@H]1O. The van der Waals surface area contributed by atoms with Crippen LogP contribution in [0.1, 0.15) is 13.8 Å². The van der Waals surface area contributed by atoms with Crippen molar-refractivity contribution in [3.63, 3.8) is 0 Å². The van der Waals surface area contributed by atoms with Gasteiger partial charge in [0.2, 0.25) is 5.91 Å². The number of hydrogen-bond acceptors (Lipinski definition) is 4. The predicted octanol–water partition coefficient (Wildman–Crippen LogP) is -1.06. The molecule has 0 spiro atoms. The molecule has 1 saturated heterocycles. The minimum Gasteiger partial charge on any atom is -0.388 e. The summed E-state index contributed by atoms with van der Waals surface area (Å²) in [6, 6.07) is -0.512. The lowest BCUT2D eigenvalue weighted by atomic mass is 10.3. The smallest absolute Gasteiger partial charge is 0.239 e. The molecule has 0 aromatic carbocycles. The molecular formula is C9H18N2O3. The topological polar surface area (TPSA) is 75.8 Å². The summed E-state index contributed by atoms with van der Waals surface area (Å²) in [7, 11) is 0. The first-order valence-corrected chi connectivity index (χ1v) is 4.90. The van der Waals surface area contributed by atoms with Crippen LogP contribution in [0.5, 0.6) is 0 Å². The van der Waals surface area contributed by atoms with Gasteiger partial charge in [0.15, 0.2) is 0 Å². The van der Waals surface area contributed by atoms with Crippen LogP contribution in [-0.2, 0) is 9.53 Å². The van der Waals surface area contributed by atoms with E-state index in [-0.39, 0.29) is 12.0 Å². The van der Waals surface area contributed by atoms with Gasteiger partial charge in [-0.3, -0.25) is 4.79 Å². The average molecular weight is 202 g/mol. The van der Waals surface area contributed by atoms with Gasteiger partial charge in [-0.05, 0) is 13.8 Å². The van der Waals surface area contributed by atoms with Crippen LogP contribution in [0.2, 0.25) is 0 Å². The third-order valence-corrected chi connectivity index (χ3v) is 2.32. The average Bonchev–Trinajstić information content (AvgIpc) is 2.47. The molecule has 1 aliphatic heterocycles. The van der Waals surface area contributed by atoms with Crippen molar-refractivity contribution in [2.24, 2.45) is 5.73 Å². The zero-order valence-corrected chi connectivity index (χ0v) is 8.64. The van der Waals surface area contributed by atoms with E-state index < -0.39 is 12.1 Å². The quantitative estimate of drug-likeness (QED) is 0.612.